The summed E-state index contributed by atoms with van der Waals surface area (Å²) in [5, 5.41) is 3.47. The molecular formula is C13H20ClNO. The summed E-state index contributed by atoms with van der Waals surface area (Å²) in [6, 6.07) is 8.74. The molecule has 0 bridgehead atoms. The van der Waals surface area contributed by atoms with Gasteiger partial charge in [0.15, 0.2) is 0 Å². The molecule has 0 aliphatic rings. The molecule has 1 rings (SSSR count). The first kappa shape index (κ1) is 13.5. The summed E-state index contributed by atoms with van der Waals surface area (Å²) in [5.41, 5.74) is 2.65. The zero-order valence-corrected chi connectivity index (χ0v) is 10.8. The number of halogens is 1. The number of benzene rings is 1. The topological polar surface area (TPSA) is 21.3 Å². The van der Waals surface area contributed by atoms with Crippen molar-refractivity contribution in [3.05, 3.63) is 35.4 Å². The highest BCUT2D eigenvalue weighted by atomic mass is 35.5. The number of ether oxygens (including phenoxy) is 1. The minimum atomic E-state index is 0.335. The van der Waals surface area contributed by atoms with Crippen molar-refractivity contribution in [2.24, 2.45) is 0 Å². The Morgan fingerprint density at radius 2 is 2.12 bits per heavy atom. The van der Waals surface area contributed by atoms with Gasteiger partial charge in [-0.1, -0.05) is 24.3 Å². The van der Waals surface area contributed by atoms with E-state index in [-0.39, 0.29) is 0 Å². The first-order chi connectivity index (χ1) is 7.77. The Balaban J connectivity index is 2.45. The van der Waals surface area contributed by atoms with E-state index in [0.29, 0.717) is 18.5 Å². The average molecular weight is 242 g/mol. The van der Waals surface area contributed by atoms with Gasteiger partial charge in [-0.15, -0.1) is 11.6 Å². The van der Waals surface area contributed by atoms with Crippen molar-refractivity contribution in [3.63, 3.8) is 0 Å². The molecule has 1 atom stereocenters. The van der Waals surface area contributed by atoms with E-state index in [9.17, 15) is 0 Å². The van der Waals surface area contributed by atoms with Crippen molar-refractivity contribution in [2.45, 2.75) is 25.9 Å². The fraction of sp³-hybridized carbons (Fsp3) is 0.538. The monoisotopic (exact) mass is 241 g/mol. The van der Waals surface area contributed by atoms with Crippen molar-refractivity contribution in [3.8, 4) is 0 Å². The van der Waals surface area contributed by atoms with Gasteiger partial charge < -0.3 is 10.1 Å². The lowest BCUT2D eigenvalue weighted by atomic mass is 10.1. The van der Waals surface area contributed by atoms with Crippen LogP contribution in [0.4, 0.5) is 0 Å². The molecule has 0 amide bonds. The minimum Gasteiger partial charge on any atom is -0.383 e. The molecule has 16 heavy (non-hydrogen) atoms. The zero-order chi connectivity index (χ0) is 11.8. The summed E-state index contributed by atoms with van der Waals surface area (Å²) in [4.78, 5) is 0. The standard InChI is InChI=1S/C13H20ClNO/c1-11-5-3-4-6-12(11)9-15-13(7-8-14)10-16-2/h3-6,13,15H,7-10H2,1-2H3. The number of hydrogen-bond donors (Lipinski definition) is 1. The largest absolute Gasteiger partial charge is 0.383 e. The molecule has 1 aromatic carbocycles. The van der Waals surface area contributed by atoms with E-state index in [0.717, 1.165) is 13.0 Å². The maximum absolute atomic E-state index is 5.75. The predicted octanol–water partition coefficient (Wildman–Crippen LogP) is 2.73. The molecule has 0 radical (unpaired) electrons. The lowest BCUT2D eigenvalue weighted by molar-refractivity contribution is 0.164. The number of aryl methyl sites for hydroxylation is 1. The van der Waals surface area contributed by atoms with Gasteiger partial charge in [-0.2, -0.15) is 0 Å². The van der Waals surface area contributed by atoms with Crippen LogP contribution in [-0.2, 0) is 11.3 Å². The van der Waals surface area contributed by atoms with Crippen molar-refractivity contribution in [2.75, 3.05) is 19.6 Å². The molecular weight excluding hydrogens is 222 g/mol. The molecule has 0 saturated heterocycles. The van der Waals surface area contributed by atoms with Crippen molar-refractivity contribution < 1.29 is 4.74 Å². The Bertz CT molecular complexity index is 298. The van der Waals surface area contributed by atoms with Gasteiger partial charge in [0.25, 0.3) is 0 Å². The summed E-state index contributed by atoms with van der Waals surface area (Å²) in [6.45, 7) is 3.71. The van der Waals surface area contributed by atoms with E-state index in [1.165, 1.54) is 11.1 Å². The summed E-state index contributed by atoms with van der Waals surface area (Å²) in [5.74, 6) is 0.662. The second-order valence-electron chi connectivity index (χ2n) is 3.94. The fourth-order valence-electron chi connectivity index (χ4n) is 1.64. The van der Waals surface area contributed by atoms with E-state index < -0.39 is 0 Å². The molecule has 0 aromatic heterocycles. The Kier molecular flexibility index (Phi) is 6.46. The van der Waals surface area contributed by atoms with Gasteiger partial charge in [-0.3, -0.25) is 0 Å². The fourth-order valence-corrected chi connectivity index (χ4v) is 1.90. The van der Waals surface area contributed by atoms with Gasteiger partial charge >= 0.3 is 0 Å². The maximum atomic E-state index is 5.75. The molecule has 3 heteroatoms. The van der Waals surface area contributed by atoms with Crippen LogP contribution >= 0.6 is 11.6 Å². The summed E-state index contributed by atoms with van der Waals surface area (Å²) in [7, 11) is 1.72. The van der Waals surface area contributed by atoms with Crippen LogP contribution in [0.1, 0.15) is 17.5 Å². The molecule has 0 heterocycles. The highest BCUT2D eigenvalue weighted by Crippen LogP contribution is 2.07. The van der Waals surface area contributed by atoms with E-state index >= 15 is 0 Å². The Hall–Kier alpha value is -0.570. The first-order valence-corrected chi connectivity index (χ1v) is 6.14. The molecule has 0 aliphatic carbocycles. The highest BCUT2D eigenvalue weighted by Gasteiger charge is 2.07. The molecule has 1 N–H and O–H groups in total. The second-order valence-corrected chi connectivity index (χ2v) is 4.32. The quantitative estimate of drug-likeness (QED) is 0.742. The van der Waals surface area contributed by atoms with Crippen molar-refractivity contribution in [1.82, 2.24) is 5.32 Å². The SMILES string of the molecule is COCC(CCCl)NCc1ccccc1C. The molecule has 0 spiro atoms. The zero-order valence-electron chi connectivity index (χ0n) is 10.0. The van der Waals surface area contributed by atoms with Crippen LogP contribution in [0.15, 0.2) is 24.3 Å². The van der Waals surface area contributed by atoms with Gasteiger partial charge in [0.05, 0.1) is 6.61 Å². The molecule has 1 unspecified atom stereocenters. The van der Waals surface area contributed by atoms with Crippen molar-refractivity contribution >= 4 is 11.6 Å². The van der Waals surface area contributed by atoms with Gasteiger partial charge in [-0.05, 0) is 24.5 Å². The molecule has 2 nitrogen and oxygen atoms in total. The number of hydrogen-bond acceptors (Lipinski definition) is 2. The minimum absolute atomic E-state index is 0.335. The van der Waals surface area contributed by atoms with E-state index in [4.69, 9.17) is 16.3 Å². The molecule has 90 valence electrons. The van der Waals surface area contributed by atoms with E-state index in [1.54, 1.807) is 7.11 Å². The molecule has 0 saturated carbocycles. The molecule has 0 fully saturated rings. The van der Waals surface area contributed by atoms with Crippen LogP contribution < -0.4 is 5.32 Å². The van der Waals surface area contributed by atoms with Crippen LogP contribution in [0, 0.1) is 6.92 Å². The lowest BCUT2D eigenvalue weighted by Crippen LogP contribution is -2.33. The summed E-state index contributed by atoms with van der Waals surface area (Å²) < 4.78 is 5.15. The third-order valence-electron chi connectivity index (χ3n) is 2.67. The van der Waals surface area contributed by atoms with Crippen LogP contribution in [0.25, 0.3) is 0 Å². The summed E-state index contributed by atoms with van der Waals surface area (Å²) >= 11 is 5.75. The van der Waals surface area contributed by atoms with Crippen LogP contribution in [0.2, 0.25) is 0 Å². The van der Waals surface area contributed by atoms with Crippen molar-refractivity contribution in [1.29, 1.82) is 0 Å². The van der Waals surface area contributed by atoms with Gasteiger partial charge in [0.2, 0.25) is 0 Å². The Morgan fingerprint density at radius 3 is 2.75 bits per heavy atom. The van der Waals surface area contributed by atoms with Crippen LogP contribution in [0.5, 0.6) is 0 Å². The molecule has 1 aromatic rings. The Labute approximate surface area is 103 Å². The second kappa shape index (κ2) is 7.66. The number of nitrogens with one attached hydrogen (secondary N) is 1. The normalized spacial score (nSPS) is 12.7. The Morgan fingerprint density at radius 1 is 1.38 bits per heavy atom. The average Bonchev–Trinajstić information content (AvgIpc) is 2.28. The van der Waals surface area contributed by atoms with E-state index in [2.05, 4.69) is 36.5 Å². The maximum Gasteiger partial charge on any atom is 0.0616 e. The van der Waals surface area contributed by atoms with E-state index in [1.807, 2.05) is 0 Å². The van der Waals surface area contributed by atoms with Gasteiger partial charge in [-0.25, -0.2) is 0 Å². The smallest absolute Gasteiger partial charge is 0.0616 e. The lowest BCUT2D eigenvalue weighted by Gasteiger charge is -2.17. The third-order valence-corrected chi connectivity index (χ3v) is 2.89. The first-order valence-electron chi connectivity index (χ1n) is 5.60. The van der Waals surface area contributed by atoms with Crippen LogP contribution in [0.3, 0.4) is 0 Å². The molecule has 0 aliphatic heterocycles. The number of rotatable bonds is 7. The summed E-state index contributed by atoms with van der Waals surface area (Å²) in [6.07, 6.45) is 0.932. The number of alkyl halides is 1. The highest BCUT2D eigenvalue weighted by molar-refractivity contribution is 6.17. The van der Waals surface area contributed by atoms with Gasteiger partial charge in [0.1, 0.15) is 0 Å². The van der Waals surface area contributed by atoms with Crippen LogP contribution in [-0.4, -0.2) is 25.6 Å². The predicted molar refractivity (Wildman–Crippen MR) is 69.0 cm³/mol. The van der Waals surface area contributed by atoms with Gasteiger partial charge in [0, 0.05) is 25.6 Å². The number of methoxy groups -OCH3 is 1. The third kappa shape index (κ3) is 4.52.